The van der Waals surface area contributed by atoms with Gasteiger partial charge < -0.3 is 0 Å². The number of nitrogens with zero attached hydrogens (tertiary/aromatic N) is 3. The lowest BCUT2D eigenvalue weighted by Crippen LogP contribution is -2.42. The first-order valence-electron chi connectivity index (χ1n) is 13.0. The Balaban J connectivity index is 1.55. The number of amides is 1. The van der Waals surface area contributed by atoms with Gasteiger partial charge in [0.25, 0.3) is 5.91 Å². The molecule has 0 saturated carbocycles. The van der Waals surface area contributed by atoms with Crippen molar-refractivity contribution in [3.8, 4) is 0 Å². The van der Waals surface area contributed by atoms with Gasteiger partial charge in [-0.25, -0.2) is 13.4 Å². The summed E-state index contributed by atoms with van der Waals surface area (Å²) < 4.78 is 29.7. The van der Waals surface area contributed by atoms with Crippen LogP contribution in [-0.2, 0) is 10.0 Å². The molecule has 0 unspecified atom stereocenters. The van der Waals surface area contributed by atoms with E-state index >= 15 is 0 Å². The molecule has 1 fully saturated rings. The van der Waals surface area contributed by atoms with Crippen molar-refractivity contribution < 1.29 is 13.2 Å². The van der Waals surface area contributed by atoms with Gasteiger partial charge in [-0.05, 0) is 72.2 Å². The van der Waals surface area contributed by atoms with E-state index in [0.29, 0.717) is 47.2 Å². The number of carbonyl (C=O) groups is 1. The monoisotopic (exact) mass is 547 g/mol. The van der Waals surface area contributed by atoms with E-state index in [0.717, 1.165) is 16.6 Å². The third kappa shape index (κ3) is 5.25. The van der Waals surface area contributed by atoms with Crippen molar-refractivity contribution >= 4 is 48.3 Å². The van der Waals surface area contributed by atoms with Crippen LogP contribution in [0, 0.1) is 11.8 Å². The highest BCUT2D eigenvalue weighted by Gasteiger charge is 2.32. The quantitative estimate of drug-likeness (QED) is 0.259. The average molecular weight is 548 g/mol. The Kier molecular flexibility index (Phi) is 7.40. The molecule has 0 bridgehead atoms. The maximum Gasteiger partial charge on any atom is 0.264 e. The van der Waals surface area contributed by atoms with E-state index in [1.807, 2.05) is 48.5 Å². The van der Waals surface area contributed by atoms with Gasteiger partial charge in [-0.1, -0.05) is 69.4 Å². The second kappa shape index (κ2) is 10.6. The van der Waals surface area contributed by atoms with Crippen molar-refractivity contribution in [3.05, 3.63) is 83.9 Å². The summed E-state index contributed by atoms with van der Waals surface area (Å²) in [4.78, 5) is 20.6. The fraction of sp³-hybridized carbons (Fsp3) is 0.333. The molecule has 8 heteroatoms. The highest BCUT2D eigenvalue weighted by molar-refractivity contribution is 7.89. The number of rotatable bonds is 6. The fourth-order valence-electron chi connectivity index (χ4n) is 5.15. The molecular formula is C30H33N3O3S2. The largest absolute Gasteiger partial charge is 0.268 e. The van der Waals surface area contributed by atoms with E-state index in [9.17, 15) is 13.2 Å². The second-order valence-electron chi connectivity index (χ2n) is 10.6. The molecule has 0 radical (unpaired) electrons. The number of anilines is 2. The molecule has 1 saturated heterocycles. The van der Waals surface area contributed by atoms with Crippen LogP contribution in [0.3, 0.4) is 0 Å². The molecule has 1 aliphatic rings. The molecule has 5 rings (SSSR count). The van der Waals surface area contributed by atoms with Crippen molar-refractivity contribution in [2.75, 3.05) is 18.0 Å². The standard InChI is InChI=1S/C30H33N3O3S2/c1-20(2)23-12-14-25(15-13-23)33(30-31-27-10-5-6-11-28(27)37-30)29(34)24-8-7-9-26(17-24)38(35,36)32-18-21(3)16-22(4)19-32/h5-15,17,20-22H,16,18-19H2,1-4H3/t21-,22+. The SMILES string of the molecule is CC(C)c1ccc(N(C(=O)c2cccc(S(=O)(=O)N3C[C@H](C)C[C@H](C)C3)c2)c2nc3ccccc3s2)cc1. The summed E-state index contributed by atoms with van der Waals surface area (Å²) in [5, 5.41) is 0.542. The molecule has 1 aliphatic heterocycles. The van der Waals surface area contributed by atoms with E-state index in [2.05, 4.69) is 27.7 Å². The summed E-state index contributed by atoms with van der Waals surface area (Å²) in [6.07, 6.45) is 1.01. The first-order valence-corrected chi connectivity index (χ1v) is 15.3. The van der Waals surface area contributed by atoms with Gasteiger partial charge in [-0.15, -0.1) is 0 Å². The molecule has 1 amide bonds. The highest BCUT2D eigenvalue weighted by atomic mass is 32.2. The van der Waals surface area contributed by atoms with Crippen LogP contribution in [0.4, 0.5) is 10.8 Å². The maximum atomic E-state index is 14.1. The molecule has 198 valence electrons. The van der Waals surface area contributed by atoms with E-state index in [1.165, 1.54) is 23.0 Å². The lowest BCUT2D eigenvalue weighted by molar-refractivity contribution is 0.0999. The summed E-state index contributed by atoms with van der Waals surface area (Å²) in [6, 6.07) is 22.1. The lowest BCUT2D eigenvalue weighted by atomic mass is 9.94. The van der Waals surface area contributed by atoms with Crippen LogP contribution in [0.1, 0.15) is 56.0 Å². The Morgan fingerprint density at radius 1 is 0.974 bits per heavy atom. The highest BCUT2D eigenvalue weighted by Crippen LogP contribution is 2.36. The van der Waals surface area contributed by atoms with Gasteiger partial charge in [-0.3, -0.25) is 9.69 Å². The van der Waals surface area contributed by atoms with Crippen LogP contribution in [-0.4, -0.2) is 36.7 Å². The molecule has 38 heavy (non-hydrogen) atoms. The van der Waals surface area contributed by atoms with Crippen molar-refractivity contribution in [2.45, 2.75) is 44.9 Å². The van der Waals surface area contributed by atoms with Crippen LogP contribution in [0.15, 0.2) is 77.7 Å². The van der Waals surface area contributed by atoms with E-state index in [4.69, 9.17) is 4.98 Å². The van der Waals surface area contributed by atoms with E-state index < -0.39 is 10.0 Å². The van der Waals surface area contributed by atoms with Gasteiger partial charge >= 0.3 is 0 Å². The summed E-state index contributed by atoms with van der Waals surface area (Å²) in [7, 11) is -3.72. The number of fused-ring (bicyclic) bond motifs is 1. The normalized spacial score (nSPS) is 18.7. The smallest absolute Gasteiger partial charge is 0.264 e. The molecule has 4 aromatic rings. The zero-order valence-electron chi connectivity index (χ0n) is 22.2. The van der Waals surface area contributed by atoms with Gasteiger partial charge in [0.2, 0.25) is 10.0 Å². The molecule has 0 N–H and O–H groups in total. The Labute approximate surface area is 229 Å². The minimum atomic E-state index is -3.72. The number of aromatic nitrogens is 1. The Morgan fingerprint density at radius 2 is 1.66 bits per heavy atom. The van der Waals surface area contributed by atoms with Gasteiger partial charge in [0.15, 0.2) is 5.13 Å². The van der Waals surface area contributed by atoms with E-state index in [1.54, 1.807) is 27.4 Å². The number of carbonyl (C=O) groups excluding carboxylic acids is 1. The average Bonchev–Trinajstić information content (AvgIpc) is 3.32. The number of benzene rings is 3. The zero-order valence-corrected chi connectivity index (χ0v) is 23.8. The molecular weight excluding hydrogens is 514 g/mol. The van der Waals surface area contributed by atoms with E-state index in [-0.39, 0.29) is 10.8 Å². The number of hydrogen-bond donors (Lipinski definition) is 0. The van der Waals surface area contributed by atoms with Crippen LogP contribution >= 0.6 is 11.3 Å². The third-order valence-electron chi connectivity index (χ3n) is 7.05. The van der Waals surface area contributed by atoms with Crippen molar-refractivity contribution in [1.82, 2.24) is 9.29 Å². The molecule has 3 aromatic carbocycles. The number of sulfonamides is 1. The van der Waals surface area contributed by atoms with Crippen molar-refractivity contribution in [2.24, 2.45) is 11.8 Å². The Bertz CT molecular complexity index is 1520. The number of hydrogen-bond acceptors (Lipinski definition) is 5. The van der Waals surface area contributed by atoms with Crippen molar-refractivity contribution in [1.29, 1.82) is 0 Å². The van der Waals surface area contributed by atoms with Crippen LogP contribution in [0.2, 0.25) is 0 Å². The molecule has 0 aliphatic carbocycles. The molecule has 1 aromatic heterocycles. The zero-order chi connectivity index (χ0) is 27.0. The molecule has 6 nitrogen and oxygen atoms in total. The van der Waals surface area contributed by atoms with Gasteiger partial charge in [0.1, 0.15) is 0 Å². The topological polar surface area (TPSA) is 70.6 Å². The second-order valence-corrected chi connectivity index (χ2v) is 13.6. The third-order valence-corrected chi connectivity index (χ3v) is 9.90. The minimum absolute atomic E-state index is 0.143. The fourth-order valence-corrected chi connectivity index (χ4v) is 7.86. The Morgan fingerprint density at radius 3 is 2.32 bits per heavy atom. The molecule has 2 atom stereocenters. The minimum Gasteiger partial charge on any atom is -0.268 e. The van der Waals surface area contributed by atoms with Gasteiger partial charge in [0.05, 0.1) is 20.8 Å². The summed E-state index contributed by atoms with van der Waals surface area (Å²) >= 11 is 1.43. The predicted molar refractivity (Wildman–Crippen MR) is 155 cm³/mol. The van der Waals surface area contributed by atoms with Crippen LogP contribution < -0.4 is 4.90 Å². The van der Waals surface area contributed by atoms with Crippen LogP contribution in [0.5, 0.6) is 0 Å². The maximum absolute atomic E-state index is 14.1. The summed E-state index contributed by atoms with van der Waals surface area (Å²) in [5.74, 6) is 0.625. The molecule has 0 spiro atoms. The summed E-state index contributed by atoms with van der Waals surface area (Å²) in [6.45, 7) is 9.40. The number of para-hydroxylation sites is 1. The first kappa shape index (κ1) is 26.5. The first-order chi connectivity index (χ1) is 18.1. The van der Waals surface area contributed by atoms with Crippen molar-refractivity contribution in [3.63, 3.8) is 0 Å². The van der Waals surface area contributed by atoms with Gasteiger partial charge in [0, 0.05) is 18.7 Å². The Hall–Kier alpha value is -3.07. The predicted octanol–water partition coefficient (Wildman–Crippen LogP) is 7.06. The number of thiazole rings is 1. The van der Waals surface area contributed by atoms with Crippen LogP contribution in [0.25, 0.3) is 10.2 Å². The summed E-state index contributed by atoms with van der Waals surface area (Å²) in [5.41, 5.74) is 2.97. The van der Waals surface area contributed by atoms with Gasteiger partial charge in [-0.2, -0.15) is 4.31 Å². The number of piperidine rings is 1. The lowest BCUT2D eigenvalue weighted by Gasteiger charge is -2.34. The molecule has 2 heterocycles.